The summed E-state index contributed by atoms with van der Waals surface area (Å²) in [6, 6.07) is 7.52. The molecule has 1 atom stereocenters. The van der Waals surface area contributed by atoms with E-state index in [1.807, 2.05) is 38.1 Å². The summed E-state index contributed by atoms with van der Waals surface area (Å²) in [7, 11) is 0. The predicted octanol–water partition coefficient (Wildman–Crippen LogP) is 3.06. The van der Waals surface area contributed by atoms with E-state index in [9.17, 15) is 4.79 Å². The molecule has 0 saturated heterocycles. The summed E-state index contributed by atoms with van der Waals surface area (Å²) in [6.07, 6.45) is 0.696. The number of nitrogens with one attached hydrogen (secondary N) is 1. The van der Waals surface area contributed by atoms with E-state index in [2.05, 4.69) is 5.32 Å². The number of rotatable bonds is 6. The molecule has 0 spiro atoms. The van der Waals surface area contributed by atoms with Crippen LogP contribution in [-0.2, 0) is 0 Å². The number of aliphatic hydroxyl groups excluding tert-OH is 1. The van der Waals surface area contributed by atoms with Crippen LogP contribution >= 0.6 is 11.3 Å². The zero-order valence-corrected chi connectivity index (χ0v) is 12.5. The van der Waals surface area contributed by atoms with E-state index < -0.39 is 0 Å². The van der Waals surface area contributed by atoms with E-state index in [4.69, 9.17) is 9.52 Å². The van der Waals surface area contributed by atoms with Crippen LogP contribution in [-0.4, -0.2) is 24.2 Å². The summed E-state index contributed by atoms with van der Waals surface area (Å²) in [5.41, 5.74) is 0. The summed E-state index contributed by atoms with van der Waals surface area (Å²) < 4.78 is 5.54. The average molecular weight is 293 g/mol. The maximum Gasteiger partial charge on any atom is 0.261 e. The SMILES string of the molecule is Cc1ccc(-c2ccc(C(=O)NCC(C)CCO)s2)o1. The Morgan fingerprint density at radius 3 is 2.85 bits per heavy atom. The minimum atomic E-state index is -0.0747. The summed E-state index contributed by atoms with van der Waals surface area (Å²) in [5, 5.41) is 11.7. The molecular weight excluding hydrogens is 274 g/mol. The Bertz CT molecular complexity index is 573. The van der Waals surface area contributed by atoms with Gasteiger partial charge in [-0.3, -0.25) is 4.79 Å². The quantitative estimate of drug-likeness (QED) is 0.860. The van der Waals surface area contributed by atoms with Crippen molar-refractivity contribution in [2.24, 2.45) is 5.92 Å². The average Bonchev–Trinajstić information content (AvgIpc) is 3.04. The first kappa shape index (κ1) is 14.8. The van der Waals surface area contributed by atoms with Gasteiger partial charge in [0.25, 0.3) is 5.91 Å². The van der Waals surface area contributed by atoms with E-state index in [1.54, 1.807) is 0 Å². The molecule has 1 amide bonds. The molecule has 0 saturated carbocycles. The van der Waals surface area contributed by atoms with Gasteiger partial charge in [0.05, 0.1) is 9.75 Å². The predicted molar refractivity (Wildman–Crippen MR) is 80.0 cm³/mol. The molecule has 5 heteroatoms. The number of furan rings is 1. The van der Waals surface area contributed by atoms with E-state index in [0.29, 0.717) is 17.8 Å². The number of carbonyl (C=O) groups is 1. The van der Waals surface area contributed by atoms with Gasteiger partial charge in [0.1, 0.15) is 11.5 Å². The van der Waals surface area contributed by atoms with Gasteiger partial charge in [0.15, 0.2) is 0 Å². The minimum absolute atomic E-state index is 0.0747. The lowest BCUT2D eigenvalue weighted by Crippen LogP contribution is -2.27. The fraction of sp³-hybridized carbons (Fsp3) is 0.400. The lowest BCUT2D eigenvalue weighted by Gasteiger charge is -2.10. The molecule has 0 fully saturated rings. The molecule has 0 bridgehead atoms. The number of thiophene rings is 1. The van der Waals surface area contributed by atoms with Crippen LogP contribution in [0.3, 0.4) is 0 Å². The summed E-state index contributed by atoms with van der Waals surface area (Å²) in [4.78, 5) is 13.6. The fourth-order valence-corrected chi connectivity index (χ4v) is 2.72. The van der Waals surface area contributed by atoms with Crippen molar-refractivity contribution in [2.75, 3.05) is 13.2 Å². The van der Waals surface area contributed by atoms with Gasteiger partial charge in [-0.15, -0.1) is 11.3 Å². The highest BCUT2D eigenvalue weighted by atomic mass is 32.1. The largest absolute Gasteiger partial charge is 0.461 e. The van der Waals surface area contributed by atoms with Crippen molar-refractivity contribution >= 4 is 17.2 Å². The molecule has 0 aliphatic heterocycles. The molecule has 1 unspecified atom stereocenters. The summed E-state index contributed by atoms with van der Waals surface area (Å²) in [5.74, 6) is 1.85. The van der Waals surface area contributed by atoms with Gasteiger partial charge in [-0.1, -0.05) is 6.92 Å². The first-order chi connectivity index (χ1) is 9.60. The smallest absolute Gasteiger partial charge is 0.261 e. The van der Waals surface area contributed by atoms with Crippen LogP contribution in [0, 0.1) is 12.8 Å². The van der Waals surface area contributed by atoms with E-state index in [1.165, 1.54) is 11.3 Å². The highest BCUT2D eigenvalue weighted by molar-refractivity contribution is 7.17. The molecule has 2 aromatic rings. The molecule has 2 aromatic heterocycles. The molecular formula is C15H19NO3S. The number of amides is 1. The maximum atomic E-state index is 12.0. The summed E-state index contributed by atoms with van der Waals surface area (Å²) in [6.45, 7) is 4.62. The zero-order valence-electron chi connectivity index (χ0n) is 11.7. The van der Waals surface area contributed by atoms with Gasteiger partial charge < -0.3 is 14.8 Å². The van der Waals surface area contributed by atoms with E-state index >= 15 is 0 Å². The van der Waals surface area contributed by atoms with Crippen molar-refractivity contribution < 1.29 is 14.3 Å². The summed E-state index contributed by atoms with van der Waals surface area (Å²) >= 11 is 1.42. The monoisotopic (exact) mass is 293 g/mol. The number of carbonyl (C=O) groups excluding carboxylic acids is 1. The lowest BCUT2D eigenvalue weighted by molar-refractivity contribution is 0.0949. The second-order valence-electron chi connectivity index (χ2n) is 4.90. The second kappa shape index (κ2) is 6.72. The van der Waals surface area contributed by atoms with Gasteiger partial charge in [0, 0.05) is 13.2 Å². The first-order valence-electron chi connectivity index (χ1n) is 6.66. The number of hydrogen-bond donors (Lipinski definition) is 2. The maximum absolute atomic E-state index is 12.0. The minimum Gasteiger partial charge on any atom is -0.461 e. The molecule has 2 heterocycles. The number of hydrogen-bond acceptors (Lipinski definition) is 4. The van der Waals surface area contributed by atoms with E-state index in [-0.39, 0.29) is 18.4 Å². The Morgan fingerprint density at radius 1 is 1.40 bits per heavy atom. The van der Waals surface area contributed by atoms with Crippen LogP contribution in [0.25, 0.3) is 10.6 Å². The van der Waals surface area contributed by atoms with Crippen molar-refractivity contribution in [3.05, 3.63) is 34.9 Å². The van der Waals surface area contributed by atoms with Crippen LogP contribution in [0.5, 0.6) is 0 Å². The third-order valence-electron chi connectivity index (χ3n) is 3.05. The molecule has 0 aliphatic carbocycles. The second-order valence-corrected chi connectivity index (χ2v) is 5.99. The Kier molecular flexibility index (Phi) is 4.98. The molecule has 0 aliphatic rings. The first-order valence-corrected chi connectivity index (χ1v) is 7.47. The van der Waals surface area contributed by atoms with Crippen molar-refractivity contribution in [2.45, 2.75) is 20.3 Å². The molecule has 2 N–H and O–H groups in total. The lowest BCUT2D eigenvalue weighted by atomic mass is 10.1. The van der Waals surface area contributed by atoms with Gasteiger partial charge in [-0.25, -0.2) is 0 Å². The fourth-order valence-electron chi connectivity index (χ4n) is 1.84. The van der Waals surface area contributed by atoms with Crippen molar-refractivity contribution in [3.63, 3.8) is 0 Å². The molecule has 108 valence electrons. The van der Waals surface area contributed by atoms with Crippen molar-refractivity contribution in [1.82, 2.24) is 5.32 Å². The third-order valence-corrected chi connectivity index (χ3v) is 4.14. The van der Waals surface area contributed by atoms with Crippen molar-refractivity contribution in [3.8, 4) is 10.6 Å². The van der Waals surface area contributed by atoms with Crippen LogP contribution in [0.15, 0.2) is 28.7 Å². The topological polar surface area (TPSA) is 62.5 Å². The molecule has 20 heavy (non-hydrogen) atoms. The highest BCUT2D eigenvalue weighted by Crippen LogP contribution is 2.29. The zero-order chi connectivity index (χ0) is 14.5. The Balaban J connectivity index is 1.96. The van der Waals surface area contributed by atoms with Gasteiger partial charge in [-0.2, -0.15) is 0 Å². The van der Waals surface area contributed by atoms with Crippen LogP contribution in [0.1, 0.15) is 28.8 Å². The Hall–Kier alpha value is -1.59. The van der Waals surface area contributed by atoms with Crippen molar-refractivity contribution in [1.29, 1.82) is 0 Å². The number of aryl methyl sites for hydroxylation is 1. The molecule has 0 radical (unpaired) electrons. The van der Waals surface area contributed by atoms with Gasteiger partial charge in [0.2, 0.25) is 0 Å². The molecule has 4 nitrogen and oxygen atoms in total. The Morgan fingerprint density at radius 2 is 2.20 bits per heavy atom. The van der Waals surface area contributed by atoms with E-state index in [0.717, 1.165) is 16.4 Å². The van der Waals surface area contributed by atoms with Crippen LogP contribution in [0.4, 0.5) is 0 Å². The third kappa shape index (κ3) is 3.71. The highest BCUT2D eigenvalue weighted by Gasteiger charge is 2.12. The van der Waals surface area contributed by atoms with Crippen LogP contribution < -0.4 is 5.32 Å². The normalized spacial score (nSPS) is 12.3. The van der Waals surface area contributed by atoms with Gasteiger partial charge >= 0.3 is 0 Å². The molecule has 0 aromatic carbocycles. The number of aliphatic hydroxyl groups is 1. The Labute approximate surface area is 122 Å². The standard InChI is InChI=1S/C15H19NO3S/c1-10(7-8-17)9-16-15(18)14-6-5-13(20-14)12-4-3-11(2)19-12/h3-6,10,17H,7-9H2,1-2H3,(H,16,18). The molecule has 2 rings (SSSR count). The van der Waals surface area contributed by atoms with Gasteiger partial charge in [-0.05, 0) is 43.5 Å². The van der Waals surface area contributed by atoms with Crippen LogP contribution in [0.2, 0.25) is 0 Å².